The highest BCUT2D eigenvalue weighted by atomic mass is 16.2. The molecule has 0 aliphatic carbocycles. The number of aromatic nitrogens is 2. The van der Waals surface area contributed by atoms with Gasteiger partial charge in [0.25, 0.3) is 0 Å². The van der Waals surface area contributed by atoms with Crippen LogP contribution in [0.25, 0.3) is 0 Å². The Morgan fingerprint density at radius 2 is 1.89 bits per heavy atom. The minimum Gasteiger partial charge on any atom is -0.369 e. The molecule has 3 N–H and O–H groups in total. The molecule has 0 fully saturated rings. The number of rotatable bonds is 13. The van der Waals surface area contributed by atoms with E-state index in [1.54, 1.807) is 26.2 Å². The molecule has 1 aromatic heterocycles. The Bertz CT molecular complexity index is 1090. The molecule has 0 spiro atoms. The Kier molecular flexibility index (Phi) is 12.7. The largest absolute Gasteiger partial charge is 0.369 e. The first-order valence-electron chi connectivity index (χ1n) is 12.6. The molecule has 1 heterocycles. The smallest absolute Gasteiger partial charge is 0.246 e. The van der Waals surface area contributed by atoms with E-state index in [1.807, 2.05) is 49.3 Å². The van der Waals surface area contributed by atoms with Crippen LogP contribution in [0.4, 0.5) is 17.5 Å². The van der Waals surface area contributed by atoms with Gasteiger partial charge in [0.15, 0.2) is 0 Å². The summed E-state index contributed by atoms with van der Waals surface area (Å²) in [6.45, 7) is 5.73. The van der Waals surface area contributed by atoms with Crippen molar-refractivity contribution < 1.29 is 9.59 Å². The number of benzene rings is 1. The zero-order valence-electron chi connectivity index (χ0n) is 22.5. The topological polar surface area (TPSA) is 102 Å². The lowest BCUT2D eigenvalue weighted by atomic mass is 10.2. The molecule has 0 bridgehead atoms. The Labute approximate surface area is 220 Å². The highest BCUT2D eigenvalue weighted by molar-refractivity contribution is 5.92. The number of carbonyl (C=O) groups is 2. The lowest BCUT2D eigenvalue weighted by Gasteiger charge is -2.23. The molecule has 1 atom stereocenters. The summed E-state index contributed by atoms with van der Waals surface area (Å²) in [6.07, 6.45) is 7.25. The Morgan fingerprint density at radius 1 is 1.14 bits per heavy atom. The third-order valence-corrected chi connectivity index (χ3v) is 5.40. The van der Waals surface area contributed by atoms with Gasteiger partial charge in [-0.15, -0.1) is 0 Å². The lowest BCUT2D eigenvalue weighted by Crippen LogP contribution is -2.45. The van der Waals surface area contributed by atoms with E-state index in [4.69, 9.17) is 0 Å². The summed E-state index contributed by atoms with van der Waals surface area (Å²) in [6, 6.07) is 9.20. The van der Waals surface area contributed by atoms with Gasteiger partial charge in [0, 0.05) is 44.9 Å². The predicted molar refractivity (Wildman–Crippen MR) is 150 cm³/mol. The van der Waals surface area contributed by atoms with Crippen molar-refractivity contribution in [3.63, 3.8) is 0 Å². The van der Waals surface area contributed by atoms with E-state index in [1.165, 1.54) is 11.0 Å². The molecule has 37 heavy (non-hydrogen) atoms. The van der Waals surface area contributed by atoms with Gasteiger partial charge in [-0.2, -0.15) is 4.98 Å². The molecule has 0 radical (unpaired) electrons. The van der Waals surface area contributed by atoms with E-state index in [0.717, 1.165) is 24.2 Å². The normalized spacial score (nSPS) is 11.5. The second-order valence-electron chi connectivity index (χ2n) is 8.86. The highest BCUT2D eigenvalue weighted by Crippen LogP contribution is 2.17. The van der Waals surface area contributed by atoms with Crippen molar-refractivity contribution in [2.45, 2.75) is 39.2 Å². The minimum atomic E-state index is -0.560. The first kappa shape index (κ1) is 29.3. The number of carbonyl (C=O) groups excluding carboxylic acids is 2. The quantitative estimate of drug-likeness (QED) is 0.218. The second kappa shape index (κ2) is 16.0. The van der Waals surface area contributed by atoms with Crippen LogP contribution in [0.3, 0.4) is 0 Å². The van der Waals surface area contributed by atoms with Crippen molar-refractivity contribution in [1.29, 1.82) is 0 Å². The number of nitrogens with one attached hydrogen (secondary N) is 3. The van der Waals surface area contributed by atoms with Crippen molar-refractivity contribution >= 4 is 29.3 Å². The van der Waals surface area contributed by atoms with Gasteiger partial charge in [-0.25, -0.2) is 4.98 Å². The fourth-order valence-electron chi connectivity index (χ4n) is 3.10. The Morgan fingerprint density at radius 3 is 2.59 bits per heavy atom. The Hall–Kier alpha value is -3.90. The summed E-state index contributed by atoms with van der Waals surface area (Å²) < 4.78 is 0. The van der Waals surface area contributed by atoms with Gasteiger partial charge in [0.05, 0.1) is 11.8 Å². The lowest BCUT2D eigenvalue weighted by molar-refractivity contribution is -0.135. The van der Waals surface area contributed by atoms with Crippen LogP contribution in [0.2, 0.25) is 0 Å². The molecular formula is C28H39N7O2. The van der Waals surface area contributed by atoms with Crippen LogP contribution < -0.4 is 16.0 Å². The average molecular weight is 506 g/mol. The monoisotopic (exact) mass is 505 g/mol. The third kappa shape index (κ3) is 10.7. The van der Waals surface area contributed by atoms with E-state index < -0.39 is 6.04 Å². The van der Waals surface area contributed by atoms with Crippen LogP contribution in [0.15, 0.2) is 48.7 Å². The first-order valence-corrected chi connectivity index (χ1v) is 12.6. The van der Waals surface area contributed by atoms with E-state index >= 15 is 0 Å². The number of amides is 2. The van der Waals surface area contributed by atoms with Crippen molar-refractivity contribution in [2.24, 2.45) is 0 Å². The van der Waals surface area contributed by atoms with E-state index in [2.05, 4.69) is 44.7 Å². The van der Waals surface area contributed by atoms with Crippen LogP contribution in [0.5, 0.6) is 0 Å². The zero-order chi connectivity index (χ0) is 27.0. The standard InChI is InChI=1S/C28H39N7O2/c1-6-18-29-26-23(21-31-28(33-26)32-24-15-10-7-11-16-24)14-9-8-12-19-30-27(37)22(2)35(5)25(36)17-13-20-34(3)4/h7,10-11,13,15-17,21-22H,6,8,12,18-20H2,1-5H3,(H,30,37)(H2,29,31,32,33)/b17-13+/t22-/m0/s1. The van der Waals surface area contributed by atoms with Crippen molar-refractivity contribution in [3.8, 4) is 11.8 Å². The van der Waals surface area contributed by atoms with Crippen LogP contribution in [0, 0.1) is 11.8 Å². The maximum absolute atomic E-state index is 12.4. The van der Waals surface area contributed by atoms with Gasteiger partial charge in [0.1, 0.15) is 11.9 Å². The number of likely N-dealkylation sites (N-methyl/N-ethyl adjacent to an activating group) is 2. The number of hydrogen-bond acceptors (Lipinski definition) is 7. The van der Waals surface area contributed by atoms with Gasteiger partial charge in [-0.1, -0.05) is 43.0 Å². The van der Waals surface area contributed by atoms with Crippen molar-refractivity contribution in [1.82, 2.24) is 25.1 Å². The van der Waals surface area contributed by atoms with Crippen molar-refractivity contribution in [3.05, 3.63) is 54.2 Å². The summed E-state index contributed by atoms with van der Waals surface area (Å²) in [5, 5.41) is 9.40. The molecule has 2 amide bonds. The molecule has 9 nitrogen and oxygen atoms in total. The fraction of sp³-hybridized carbons (Fsp3) is 0.429. The van der Waals surface area contributed by atoms with Gasteiger partial charge >= 0.3 is 0 Å². The maximum atomic E-state index is 12.4. The van der Waals surface area contributed by atoms with Crippen LogP contribution in [-0.2, 0) is 9.59 Å². The molecule has 0 aliphatic heterocycles. The van der Waals surface area contributed by atoms with Gasteiger partial charge in [-0.05, 0) is 46.0 Å². The molecule has 0 saturated carbocycles. The van der Waals surface area contributed by atoms with Crippen LogP contribution in [0.1, 0.15) is 38.7 Å². The number of unbranched alkanes of at least 4 members (excludes halogenated alkanes) is 1. The maximum Gasteiger partial charge on any atom is 0.246 e. The van der Waals surface area contributed by atoms with Crippen LogP contribution in [-0.4, -0.2) is 78.4 Å². The molecule has 0 saturated heterocycles. The minimum absolute atomic E-state index is 0.189. The van der Waals surface area contributed by atoms with Gasteiger partial charge < -0.3 is 25.8 Å². The summed E-state index contributed by atoms with van der Waals surface area (Å²) in [5.41, 5.74) is 1.64. The number of para-hydroxylation sites is 1. The fourth-order valence-corrected chi connectivity index (χ4v) is 3.10. The van der Waals surface area contributed by atoms with Gasteiger partial charge in [0.2, 0.25) is 17.8 Å². The summed E-state index contributed by atoms with van der Waals surface area (Å²) in [7, 11) is 5.48. The third-order valence-electron chi connectivity index (χ3n) is 5.40. The highest BCUT2D eigenvalue weighted by Gasteiger charge is 2.20. The summed E-state index contributed by atoms with van der Waals surface area (Å²) in [4.78, 5) is 37.0. The van der Waals surface area contributed by atoms with Gasteiger partial charge in [-0.3, -0.25) is 9.59 Å². The van der Waals surface area contributed by atoms with Crippen LogP contribution >= 0.6 is 0 Å². The summed E-state index contributed by atoms with van der Waals surface area (Å²) in [5.74, 6) is 7.09. The molecule has 2 rings (SSSR count). The number of nitrogens with zero attached hydrogens (tertiary/aromatic N) is 4. The number of anilines is 3. The molecule has 2 aromatic rings. The van der Waals surface area contributed by atoms with E-state index in [-0.39, 0.29) is 11.8 Å². The number of hydrogen-bond donors (Lipinski definition) is 3. The molecule has 0 aliphatic rings. The molecule has 198 valence electrons. The SMILES string of the molecule is CCCNc1nc(Nc2ccccc2)ncc1C#CCCCNC(=O)[C@H](C)N(C)C(=O)/C=C/CN(C)C. The average Bonchev–Trinajstić information content (AvgIpc) is 2.89. The zero-order valence-corrected chi connectivity index (χ0v) is 22.5. The molecule has 9 heteroatoms. The molecular weight excluding hydrogens is 466 g/mol. The van der Waals surface area contributed by atoms with E-state index in [0.29, 0.717) is 37.7 Å². The second-order valence-corrected chi connectivity index (χ2v) is 8.86. The first-order chi connectivity index (χ1) is 17.8. The van der Waals surface area contributed by atoms with Crippen molar-refractivity contribution in [2.75, 3.05) is 51.4 Å². The Balaban J connectivity index is 1.85. The van der Waals surface area contributed by atoms with E-state index in [9.17, 15) is 9.59 Å². The molecule has 0 unspecified atom stereocenters. The summed E-state index contributed by atoms with van der Waals surface area (Å²) >= 11 is 0. The predicted octanol–water partition coefficient (Wildman–Crippen LogP) is 3.25. The molecule has 1 aromatic carbocycles.